The number of benzene rings is 2. The van der Waals surface area contributed by atoms with E-state index in [4.69, 9.17) is 19.6 Å². The molecule has 6 N–H and O–H groups in total. The Morgan fingerprint density at radius 1 is 0.881 bits per heavy atom. The van der Waals surface area contributed by atoms with Crippen molar-refractivity contribution in [1.29, 1.82) is 0 Å². The summed E-state index contributed by atoms with van der Waals surface area (Å²) in [4.78, 5) is 83.8. The third-order valence-corrected chi connectivity index (χ3v) is 10.2. The van der Waals surface area contributed by atoms with Crippen LogP contribution >= 0.6 is 0 Å². The molecule has 0 radical (unpaired) electrons. The topological polar surface area (TPSA) is 224 Å². The van der Waals surface area contributed by atoms with Crippen LogP contribution in [0.1, 0.15) is 79.0 Å². The number of nitrogens with one attached hydrogen (secondary N) is 4. The number of amides is 5. The second kappa shape index (κ2) is 21.6. The molecule has 0 saturated heterocycles. The number of hydrogen-bond donors (Lipinski definition) is 5. The summed E-state index contributed by atoms with van der Waals surface area (Å²) in [6.07, 6.45) is 4.00. The fraction of sp³-hybridized carbons (Fsp3) is 0.419. The lowest BCUT2D eigenvalue weighted by atomic mass is 9.89. The van der Waals surface area contributed by atoms with Gasteiger partial charge in [0.05, 0.1) is 43.9 Å². The molecule has 4 aromatic rings. The summed E-state index contributed by atoms with van der Waals surface area (Å²) in [5.41, 5.74) is 10.6. The third kappa shape index (κ3) is 13.2. The van der Waals surface area contributed by atoms with E-state index < -0.39 is 66.3 Å². The zero-order valence-corrected chi connectivity index (χ0v) is 33.6. The van der Waals surface area contributed by atoms with E-state index in [1.54, 1.807) is 37.1 Å². The van der Waals surface area contributed by atoms with Crippen molar-refractivity contribution >= 4 is 46.6 Å². The first-order valence-corrected chi connectivity index (χ1v) is 19.8. The second-order valence-electron chi connectivity index (χ2n) is 15.0. The molecule has 2 heterocycles. The van der Waals surface area contributed by atoms with E-state index >= 15 is 0 Å². The maximum Gasteiger partial charge on any atom is 0.407 e. The van der Waals surface area contributed by atoms with Crippen molar-refractivity contribution in [3.8, 4) is 0 Å². The molecule has 2 aromatic heterocycles. The van der Waals surface area contributed by atoms with Crippen molar-refractivity contribution in [2.75, 3.05) is 20.2 Å². The number of carbonyl (C=O) groups is 6. The molecular formula is C43H53N7O9. The fourth-order valence-corrected chi connectivity index (χ4v) is 7.01. The average molecular weight is 812 g/mol. The Balaban J connectivity index is 1.39. The van der Waals surface area contributed by atoms with Crippen LogP contribution in [0.2, 0.25) is 0 Å². The molecule has 0 aliphatic heterocycles. The molecule has 16 heteroatoms. The molecule has 314 valence electrons. The lowest BCUT2D eigenvalue weighted by Gasteiger charge is -2.36. The number of para-hydroxylation sites is 1. The Bertz CT molecular complexity index is 2040. The fourth-order valence-electron chi connectivity index (χ4n) is 7.01. The van der Waals surface area contributed by atoms with Gasteiger partial charge in [-0.2, -0.15) is 0 Å². The van der Waals surface area contributed by atoms with E-state index in [1.165, 1.54) is 31.6 Å². The summed E-state index contributed by atoms with van der Waals surface area (Å²) in [6.45, 7) is 3.85. The second-order valence-corrected chi connectivity index (χ2v) is 15.0. The molecule has 2 aromatic carbocycles. The number of ether oxygens (including phenoxy) is 2. The van der Waals surface area contributed by atoms with Crippen LogP contribution in [0.15, 0.2) is 89.5 Å². The van der Waals surface area contributed by atoms with Crippen LogP contribution in [0, 0.1) is 11.8 Å². The highest BCUT2D eigenvalue weighted by molar-refractivity contribution is 6.05. The number of alkyl carbamates (subject to hydrolysis) is 1. The van der Waals surface area contributed by atoms with Crippen LogP contribution in [0.5, 0.6) is 0 Å². The summed E-state index contributed by atoms with van der Waals surface area (Å²) in [7, 11) is 1.21. The van der Waals surface area contributed by atoms with E-state index in [2.05, 4.69) is 26.4 Å². The van der Waals surface area contributed by atoms with Gasteiger partial charge in [0.15, 0.2) is 0 Å². The van der Waals surface area contributed by atoms with Crippen molar-refractivity contribution in [3.63, 3.8) is 0 Å². The van der Waals surface area contributed by atoms with Crippen molar-refractivity contribution in [1.82, 2.24) is 31.4 Å². The molecule has 1 saturated carbocycles. The molecular weight excluding hydrogens is 759 g/mol. The van der Waals surface area contributed by atoms with Crippen LogP contribution in [0.25, 0.3) is 10.9 Å². The van der Waals surface area contributed by atoms with E-state index in [0.29, 0.717) is 12.1 Å². The zero-order valence-electron chi connectivity index (χ0n) is 33.6. The minimum atomic E-state index is -1.42. The van der Waals surface area contributed by atoms with Gasteiger partial charge in [0.25, 0.3) is 11.8 Å². The number of nitrogens with two attached hydrogens (primary N) is 1. The van der Waals surface area contributed by atoms with Crippen LogP contribution < -0.4 is 27.1 Å². The predicted molar refractivity (Wildman–Crippen MR) is 217 cm³/mol. The average Bonchev–Trinajstić information content (AvgIpc) is 3.78. The summed E-state index contributed by atoms with van der Waals surface area (Å²) < 4.78 is 16.2. The van der Waals surface area contributed by atoms with Gasteiger partial charge in [0, 0.05) is 11.9 Å². The molecule has 16 nitrogen and oxygen atoms in total. The van der Waals surface area contributed by atoms with Gasteiger partial charge in [-0.05, 0) is 60.9 Å². The molecule has 1 aliphatic rings. The Labute approximate surface area is 342 Å². The number of carbonyl (C=O) groups excluding carboxylic acids is 6. The minimum Gasteiger partial charge on any atom is -0.457 e. The third-order valence-electron chi connectivity index (χ3n) is 10.2. The van der Waals surface area contributed by atoms with Crippen molar-refractivity contribution in [3.05, 3.63) is 102 Å². The predicted octanol–water partition coefficient (Wildman–Crippen LogP) is 4.05. The highest BCUT2D eigenvalue weighted by Gasteiger charge is 2.35. The standard InChI is InChI=1S/C43H53N7O9/c1-27(2)38(48-43(56)57-3)41(54)49-50(25-29-15-8-5-9-16-29)26-36(59-42(55)35-19-12-22-58-35)34(23-28-13-6-4-7-14-28)46-39(52)31(44)24-37(51)47-40(53)33-21-20-30-17-10-11-18-32(30)45-33/h4,6-7,10-14,17-22,27,29,31,34,36,38H,5,8-9,15-16,23-26,44H2,1-3H3,(H,46,52)(H,48,56)(H,49,54)(H,47,51,53). The zero-order chi connectivity index (χ0) is 42.3. The first kappa shape index (κ1) is 44.0. The van der Waals surface area contributed by atoms with E-state index in [0.717, 1.165) is 43.1 Å². The molecule has 0 spiro atoms. The number of esters is 1. The molecule has 5 rings (SSSR count). The molecule has 59 heavy (non-hydrogen) atoms. The maximum absolute atomic E-state index is 13.9. The number of aromatic nitrogens is 1. The van der Waals surface area contributed by atoms with Gasteiger partial charge in [-0.1, -0.05) is 87.7 Å². The largest absolute Gasteiger partial charge is 0.457 e. The highest BCUT2D eigenvalue weighted by Crippen LogP contribution is 2.25. The maximum atomic E-state index is 13.9. The molecule has 0 bridgehead atoms. The molecule has 4 unspecified atom stereocenters. The van der Waals surface area contributed by atoms with Gasteiger partial charge < -0.3 is 30.3 Å². The number of fused-ring (bicyclic) bond motifs is 1. The summed E-state index contributed by atoms with van der Waals surface area (Å²) in [5, 5.41) is 10.2. The Hall–Kier alpha value is -6.13. The van der Waals surface area contributed by atoms with E-state index in [9.17, 15) is 28.8 Å². The summed E-state index contributed by atoms with van der Waals surface area (Å²) in [5.74, 6) is -3.82. The summed E-state index contributed by atoms with van der Waals surface area (Å²) in [6, 6.07) is 19.2. The molecule has 1 fully saturated rings. The number of furan rings is 1. The van der Waals surface area contributed by atoms with Gasteiger partial charge >= 0.3 is 12.1 Å². The van der Waals surface area contributed by atoms with E-state index in [1.807, 2.05) is 42.5 Å². The highest BCUT2D eigenvalue weighted by atomic mass is 16.6. The van der Waals surface area contributed by atoms with Gasteiger partial charge in [0.2, 0.25) is 17.6 Å². The van der Waals surface area contributed by atoms with Crippen molar-refractivity contribution in [2.24, 2.45) is 17.6 Å². The molecule has 4 atom stereocenters. The van der Waals surface area contributed by atoms with Gasteiger partial charge in [-0.15, -0.1) is 0 Å². The first-order valence-electron chi connectivity index (χ1n) is 19.8. The number of hydrazine groups is 1. The molecule has 1 aliphatic carbocycles. The normalized spacial score (nSPS) is 15.1. The number of pyridine rings is 1. The lowest BCUT2D eigenvalue weighted by Crippen LogP contribution is -2.60. The minimum absolute atomic E-state index is 0.0184. The van der Waals surface area contributed by atoms with Gasteiger partial charge in [-0.25, -0.2) is 19.6 Å². The lowest BCUT2D eigenvalue weighted by molar-refractivity contribution is -0.131. The van der Waals surface area contributed by atoms with Crippen LogP contribution in [-0.4, -0.2) is 90.1 Å². The first-order chi connectivity index (χ1) is 28.4. The van der Waals surface area contributed by atoms with Crippen molar-refractivity contribution < 1.29 is 42.7 Å². The van der Waals surface area contributed by atoms with Gasteiger partial charge in [-0.3, -0.25) is 29.9 Å². The van der Waals surface area contributed by atoms with Crippen molar-refractivity contribution in [2.45, 2.75) is 83.0 Å². The number of hydrogen-bond acceptors (Lipinski definition) is 12. The quantitative estimate of drug-likeness (QED) is 0.0709. The summed E-state index contributed by atoms with van der Waals surface area (Å²) >= 11 is 0. The monoisotopic (exact) mass is 811 g/mol. The number of methoxy groups -OCH3 is 1. The Morgan fingerprint density at radius 3 is 2.31 bits per heavy atom. The number of nitrogens with zero attached hydrogens (tertiary/aromatic N) is 2. The van der Waals surface area contributed by atoms with Crippen LogP contribution in [-0.2, 0) is 30.3 Å². The SMILES string of the molecule is COC(=O)NC(C(=O)NN(CC1CCCCC1)CC(OC(=O)c1ccco1)C(Cc1ccccc1)NC(=O)C(N)CC(=O)NC(=O)c1ccc2ccccc2n1)C(C)C. The van der Waals surface area contributed by atoms with Crippen LogP contribution in [0.3, 0.4) is 0 Å². The Morgan fingerprint density at radius 2 is 1.61 bits per heavy atom. The molecule has 5 amide bonds. The Kier molecular flexibility index (Phi) is 16.1. The van der Waals surface area contributed by atoms with Gasteiger partial charge in [0.1, 0.15) is 17.8 Å². The number of imide groups is 1. The number of rotatable bonds is 18. The van der Waals surface area contributed by atoms with Crippen LogP contribution in [0.4, 0.5) is 4.79 Å². The van der Waals surface area contributed by atoms with E-state index in [-0.39, 0.29) is 36.3 Å². The smallest absolute Gasteiger partial charge is 0.407 e.